The molecule has 1 aromatic heterocycles. The van der Waals surface area contributed by atoms with Gasteiger partial charge in [0.25, 0.3) is 5.91 Å². The minimum absolute atomic E-state index is 0.139. The maximum Gasteiger partial charge on any atom is 0.251 e. The predicted octanol–water partition coefficient (Wildman–Crippen LogP) is 5.29. The second-order valence-corrected chi connectivity index (χ2v) is 8.34. The van der Waals surface area contributed by atoms with Crippen molar-refractivity contribution in [2.24, 2.45) is 0 Å². The van der Waals surface area contributed by atoms with Crippen LogP contribution in [-0.4, -0.2) is 23.3 Å². The number of benzene rings is 3. The first-order valence-electron chi connectivity index (χ1n) is 10.4. The second kappa shape index (κ2) is 10.6. The Kier molecular flexibility index (Phi) is 7.15. The van der Waals surface area contributed by atoms with Crippen LogP contribution < -0.4 is 10.6 Å². The van der Waals surface area contributed by atoms with Crippen molar-refractivity contribution in [1.29, 1.82) is 0 Å². The second-order valence-electron chi connectivity index (χ2n) is 7.29. The van der Waals surface area contributed by atoms with Crippen molar-refractivity contribution in [3.05, 3.63) is 102 Å². The summed E-state index contributed by atoms with van der Waals surface area (Å²) in [4.78, 5) is 29.8. The summed E-state index contributed by atoms with van der Waals surface area (Å²) in [6.45, 7) is 0.274. The fraction of sp³-hybridized carbons (Fsp3) is 0.115. The van der Waals surface area contributed by atoms with Crippen molar-refractivity contribution in [2.75, 3.05) is 11.9 Å². The van der Waals surface area contributed by atoms with E-state index in [4.69, 9.17) is 0 Å². The Labute approximate surface area is 191 Å². The van der Waals surface area contributed by atoms with E-state index in [0.717, 1.165) is 27.1 Å². The number of anilines is 1. The molecule has 4 aromatic rings. The lowest BCUT2D eigenvalue weighted by Crippen LogP contribution is -2.27. The molecule has 6 heteroatoms. The van der Waals surface area contributed by atoms with Crippen LogP contribution in [0, 0.1) is 0 Å². The van der Waals surface area contributed by atoms with Crippen molar-refractivity contribution < 1.29 is 9.59 Å². The molecule has 0 atom stereocenters. The van der Waals surface area contributed by atoms with E-state index in [1.807, 2.05) is 79.0 Å². The lowest BCUT2D eigenvalue weighted by molar-refractivity contribution is -0.116. The highest BCUT2D eigenvalue weighted by atomic mass is 32.2. The van der Waals surface area contributed by atoms with Crippen LogP contribution in [0.25, 0.3) is 10.8 Å². The summed E-state index contributed by atoms with van der Waals surface area (Å²) >= 11 is 1.72. The molecule has 0 aliphatic carbocycles. The Balaban J connectivity index is 1.21. The Morgan fingerprint density at radius 1 is 0.875 bits per heavy atom. The van der Waals surface area contributed by atoms with E-state index >= 15 is 0 Å². The van der Waals surface area contributed by atoms with Crippen molar-refractivity contribution in [2.45, 2.75) is 17.1 Å². The van der Waals surface area contributed by atoms with E-state index in [-0.39, 0.29) is 24.8 Å². The van der Waals surface area contributed by atoms with Gasteiger partial charge in [-0.15, -0.1) is 11.8 Å². The summed E-state index contributed by atoms with van der Waals surface area (Å²) < 4.78 is 0. The summed E-state index contributed by atoms with van der Waals surface area (Å²) in [6, 6.07) is 25.2. The number of fused-ring (bicyclic) bond motifs is 1. The van der Waals surface area contributed by atoms with Crippen LogP contribution in [0.1, 0.15) is 22.3 Å². The molecule has 0 saturated heterocycles. The Morgan fingerprint density at radius 2 is 1.69 bits per heavy atom. The maximum absolute atomic E-state index is 12.4. The fourth-order valence-electron chi connectivity index (χ4n) is 3.23. The van der Waals surface area contributed by atoms with Crippen LogP contribution in [0.2, 0.25) is 0 Å². The van der Waals surface area contributed by atoms with Crippen LogP contribution in [0.4, 0.5) is 5.69 Å². The average molecular weight is 442 g/mol. The van der Waals surface area contributed by atoms with E-state index in [1.165, 1.54) is 5.56 Å². The third-order valence-electron chi connectivity index (χ3n) is 4.92. The van der Waals surface area contributed by atoms with Gasteiger partial charge in [-0.25, -0.2) is 0 Å². The number of aromatic nitrogens is 1. The average Bonchev–Trinajstić information content (AvgIpc) is 2.84. The van der Waals surface area contributed by atoms with Gasteiger partial charge in [-0.1, -0.05) is 36.4 Å². The first kappa shape index (κ1) is 21.6. The molecule has 0 spiro atoms. The molecule has 2 N–H and O–H groups in total. The number of thioether (sulfide) groups is 1. The van der Waals surface area contributed by atoms with Crippen LogP contribution >= 0.6 is 11.8 Å². The van der Waals surface area contributed by atoms with Crippen molar-refractivity contribution in [3.8, 4) is 0 Å². The molecule has 0 bridgehead atoms. The van der Waals surface area contributed by atoms with Gasteiger partial charge < -0.3 is 10.6 Å². The molecule has 0 aliphatic heterocycles. The lowest BCUT2D eigenvalue weighted by Gasteiger charge is -2.08. The first-order chi connectivity index (χ1) is 15.7. The van der Waals surface area contributed by atoms with Crippen LogP contribution in [0.5, 0.6) is 0 Å². The minimum atomic E-state index is -0.182. The lowest BCUT2D eigenvalue weighted by atomic mass is 10.1. The SMILES string of the molecule is O=C(CCNC(=O)c1ccc2ccccc2c1)Nc1ccc(SCc2cccnc2)cc1. The Bertz CT molecular complexity index is 1210. The highest BCUT2D eigenvalue weighted by Gasteiger charge is 2.08. The fourth-order valence-corrected chi connectivity index (χ4v) is 4.06. The Hall–Kier alpha value is -3.64. The van der Waals surface area contributed by atoms with Gasteiger partial charge in [0, 0.05) is 47.3 Å². The smallest absolute Gasteiger partial charge is 0.251 e. The zero-order valence-electron chi connectivity index (χ0n) is 17.5. The van der Waals surface area contributed by atoms with Gasteiger partial charge in [0.2, 0.25) is 5.91 Å². The molecular formula is C26H23N3O2S. The number of carbonyl (C=O) groups excluding carboxylic acids is 2. The van der Waals surface area contributed by atoms with Gasteiger partial charge in [-0.3, -0.25) is 14.6 Å². The van der Waals surface area contributed by atoms with Gasteiger partial charge in [-0.2, -0.15) is 0 Å². The molecule has 1 heterocycles. The summed E-state index contributed by atoms with van der Waals surface area (Å²) in [7, 11) is 0. The van der Waals surface area contributed by atoms with Gasteiger partial charge in [0.15, 0.2) is 0 Å². The van der Waals surface area contributed by atoms with E-state index in [2.05, 4.69) is 15.6 Å². The first-order valence-corrected chi connectivity index (χ1v) is 11.3. The zero-order chi connectivity index (χ0) is 22.2. The van der Waals surface area contributed by atoms with Crippen molar-refractivity contribution in [1.82, 2.24) is 10.3 Å². The third-order valence-corrected chi connectivity index (χ3v) is 6.00. The molecule has 32 heavy (non-hydrogen) atoms. The molecule has 0 fully saturated rings. The van der Waals surface area contributed by atoms with Gasteiger partial charge in [0.05, 0.1) is 0 Å². The quantitative estimate of drug-likeness (QED) is 0.365. The number of nitrogens with one attached hydrogen (secondary N) is 2. The molecule has 2 amide bonds. The molecule has 0 unspecified atom stereocenters. The van der Waals surface area contributed by atoms with Crippen LogP contribution in [0.3, 0.4) is 0 Å². The number of hydrogen-bond donors (Lipinski definition) is 2. The van der Waals surface area contributed by atoms with Crippen LogP contribution in [0.15, 0.2) is 96.2 Å². The van der Waals surface area contributed by atoms with Gasteiger partial charge >= 0.3 is 0 Å². The van der Waals surface area contributed by atoms with E-state index in [1.54, 1.807) is 24.0 Å². The summed E-state index contributed by atoms with van der Waals surface area (Å²) in [5, 5.41) is 7.79. The van der Waals surface area contributed by atoms with Crippen molar-refractivity contribution in [3.63, 3.8) is 0 Å². The molecule has 0 aliphatic rings. The highest BCUT2D eigenvalue weighted by molar-refractivity contribution is 7.98. The number of amides is 2. The van der Waals surface area contributed by atoms with E-state index < -0.39 is 0 Å². The molecule has 4 rings (SSSR count). The summed E-state index contributed by atoms with van der Waals surface area (Å²) in [5.74, 6) is 0.523. The van der Waals surface area contributed by atoms with Gasteiger partial charge in [0.1, 0.15) is 0 Å². The topological polar surface area (TPSA) is 71.1 Å². The Morgan fingerprint density at radius 3 is 2.47 bits per heavy atom. The number of nitrogens with zero attached hydrogens (tertiary/aromatic N) is 1. The molecule has 5 nitrogen and oxygen atoms in total. The standard InChI is InChI=1S/C26H23N3O2S/c30-25(13-15-28-26(31)22-8-7-20-5-1-2-6-21(20)16-22)29-23-9-11-24(12-10-23)32-18-19-4-3-14-27-17-19/h1-12,14,16-17H,13,15,18H2,(H,28,31)(H,29,30). The molecule has 3 aromatic carbocycles. The van der Waals surface area contributed by atoms with E-state index in [0.29, 0.717) is 5.56 Å². The molecule has 0 radical (unpaired) electrons. The minimum Gasteiger partial charge on any atom is -0.352 e. The number of carbonyl (C=O) groups is 2. The highest BCUT2D eigenvalue weighted by Crippen LogP contribution is 2.24. The monoisotopic (exact) mass is 441 g/mol. The number of pyridine rings is 1. The van der Waals surface area contributed by atoms with Gasteiger partial charge in [-0.05, 0) is 58.8 Å². The van der Waals surface area contributed by atoms with E-state index in [9.17, 15) is 9.59 Å². The molecular weight excluding hydrogens is 418 g/mol. The van der Waals surface area contributed by atoms with Crippen LogP contribution in [-0.2, 0) is 10.5 Å². The van der Waals surface area contributed by atoms with Crippen molar-refractivity contribution >= 4 is 40.0 Å². The normalized spacial score (nSPS) is 10.6. The summed E-state index contributed by atoms with van der Waals surface area (Å²) in [5.41, 5.74) is 2.49. The predicted molar refractivity (Wildman–Crippen MR) is 130 cm³/mol. The molecule has 160 valence electrons. The third kappa shape index (κ3) is 5.95. The number of rotatable bonds is 8. The zero-order valence-corrected chi connectivity index (χ0v) is 18.3. The largest absolute Gasteiger partial charge is 0.352 e. The molecule has 0 saturated carbocycles. The number of hydrogen-bond acceptors (Lipinski definition) is 4. The summed E-state index contributed by atoms with van der Waals surface area (Å²) in [6.07, 6.45) is 3.83. The maximum atomic E-state index is 12.4.